The Balaban J connectivity index is 2.07. The number of methoxy groups -OCH3 is 1. The second-order valence-electron chi connectivity index (χ2n) is 9.45. The summed E-state index contributed by atoms with van der Waals surface area (Å²) < 4.78 is 19.6. The minimum Gasteiger partial charge on any atom is -0.496 e. The predicted octanol–water partition coefficient (Wildman–Crippen LogP) is 7.03. The molecule has 3 aromatic carbocycles. The lowest BCUT2D eigenvalue weighted by molar-refractivity contribution is 0.413. The van der Waals surface area contributed by atoms with Gasteiger partial charge in [-0.15, -0.1) is 0 Å². The number of nitrogens with one attached hydrogen (secondary N) is 1. The van der Waals surface area contributed by atoms with Crippen LogP contribution in [0.2, 0.25) is 0 Å². The van der Waals surface area contributed by atoms with Crippen molar-refractivity contribution in [3.63, 3.8) is 0 Å². The van der Waals surface area contributed by atoms with Crippen LogP contribution in [0.15, 0.2) is 54.6 Å². The molecule has 0 amide bonds. The maximum absolute atomic E-state index is 14.0. The van der Waals surface area contributed by atoms with E-state index in [0.29, 0.717) is 5.75 Å². The highest BCUT2D eigenvalue weighted by atomic mass is 19.1. The molecule has 0 fully saturated rings. The SMILES string of the molecule is CCc1cccc(C)c1C(N)c1c(-c2ccc(F)cc2OC)ccc2c1C(C)=CC(C)(C)N2. The molecule has 33 heavy (non-hydrogen) atoms. The van der Waals surface area contributed by atoms with Crippen molar-refractivity contribution >= 4 is 11.3 Å². The van der Waals surface area contributed by atoms with Gasteiger partial charge in [-0.1, -0.05) is 37.3 Å². The third-order valence-corrected chi connectivity index (χ3v) is 6.55. The second-order valence-corrected chi connectivity index (χ2v) is 9.45. The quantitative estimate of drug-likeness (QED) is 0.444. The molecule has 0 bridgehead atoms. The summed E-state index contributed by atoms with van der Waals surface area (Å²) in [5.41, 5.74) is 16.7. The van der Waals surface area contributed by atoms with Crippen LogP contribution in [0.4, 0.5) is 10.1 Å². The summed E-state index contributed by atoms with van der Waals surface area (Å²) in [6.07, 6.45) is 3.14. The lowest BCUT2D eigenvalue weighted by Crippen LogP contribution is -2.32. The Morgan fingerprint density at radius 3 is 2.45 bits per heavy atom. The number of halogens is 1. The molecule has 1 heterocycles. The average Bonchev–Trinajstić information content (AvgIpc) is 2.77. The molecule has 3 nitrogen and oxygen atoms in total. The molecule has 3 N–H and O–H groups in total. The van der Waals surface area contributed by atoms with Gasteiger partial charge in [0.2, 0.25) is 0 Å². The average molecular weight is 445 g/mol. The largest absolute Gasteiger partial charge is 0.496 e. The van der Waals surface area contributed by atoms with E-state index < -0.39 is 0 Å². The first kappa shape index (κ1) is 23.1. The zero-order valence-corrected chi connectivity index (χ0v) is 20.3. The van der Waals surface area contributed by atoms with Gasteiger partial charge in [-0.05, 0) is 85.7 Å². The number of allylic oxidation sites excluding steroid dienone is 1. The van der Waals surface area contributed by atoms with Crippen LogP contribution in [0, 0.1) is 12.7 Å². The Labute approximate surface area is 196 Å². The Kier molecular flexibility index (Phi) is 6.06. The van der Waals surface area contributed by atoms with E-state index in [2.05, 4.69) is 76.3 Å². The maximum atomic E-state index is 14.0. The standard InChI is InChI=1S/C29H33FN2O/c1-7-19-10-8-9-17(2)25(19)28(31)27-22(21-12-11-20(30)15-24(21)33-6)13-14-23-26(27)18(3)16-29(4,5)32-23/h8-16,28,32H,7,31H2,1-6H3. The topological polar surface area (TPSA) is 47.3 Å². The van der Waals surface area contributed by atoms with Crippen molar-refractivity contribution in [2.45, 2.75) is 52.6 Å². The predicted molar refractivity (Wildman–Crippen MR) is 136 cm³/mol. The molecule has 0 spiro atoms. The van der Waals surface area contributed by atoms with Crippen LogP contribution in [0.3, 0.4) is 0 Å². The molecule has 0 aromatic heterocycles. The molecule has 1 aliphatic heterocycles. The summed E-state index contributed by atoms with van der Waals surface area (Å²) in [6.45, 7) is 10.7. The van der Waals surface area contributed by atoms with Crippen molar-refractivity contribution in [2.75, 3.05) is 12.4 Å². The van der Waals surface area contributed by atoms with E-state index in [-0.39, 0.29) is 17.4 Å². The summed E-state index contributed by atoms with van der Waals surface area (Å²) in [5.74, 6) is 0.167. The molecule has 0 aliphatic carbocycles. The normalized spacial score (nSPS) is 15.3. The first-order chi connectivity index (χ1) is 15.7. The monoisotopic (exact) mass is 444 g/mol. The number of ether oxygens (including phenoxy) is 1. The van der Waals surface area contributed by atoms with E-state index in [1.54, 1.807) is 13.2 Å². The van der Waals surface area contributed by atoms with Gasteiger partial charge in [0.25, 0.3) is 0 Å². The van der Waals surface area contributed by atoms with E-state index in [0.717, 1.165) is 39.9 Å². The van der Waals surface area contributed by atoms with Crippen LogP contribution in [-0.4, -0.2) is 12.6 Å². The lowest BCUT2D eigenvalue weighted by Gasteiger charge is -2.35. The van der Waals surface area contributed by atoms with Gasteiger partial charge in [-0.25, -0.2) is 4.39 Å². The van der Waals surface area contributed by atoms with Crippen LogP contribution in [0.1, 0.15) is 61.6 Å². The summed E-state index contributed by atoms with van der Waals surface area (Å²) in [7, 11) is 1.57. The summed E-state index contributed by atoms with van der Waals surface area (Å²) in [5, 5.41) is 3.65. The summed E-state index contributed by atoms with van der Waals surface area (Å²) in [4.78, 5) is 0. The zero-order valence-electron chi connectivity index (χ0n) is 20.3. The first-order valence-electron chi connectivity index (χ1n) is 11.5. The fourth-order valence-electron chi connectivity index (χ4n) is 5.23. The third-order valence-electron chi connectivity index (χ3n) is 6.55. The van der Waals surface area contributed by atoms with Gasteiger partial charge in [0.05, 0.1) is 18.7 Å². The number of hydrogen-bond donors (Lipinski definition) is 2. The Morgan fingerprint density at radius 2 is 1.76 bits per heavy atom. The van der Waals surface area contributed by atoms with Crippen molar-refractivity contribution in [3.8, 4) is 16.9 Å². The first-order valence-corrected chi connectivity index (χ1v) is 11.5. The van der Waals surface area contributed by atoms with E-state index in [9.17, 15) is 4.39 Å². The molecule has 1 atom stereocenters. The van der Waals surface area contributed by atoms with Gasteiger partial charge >= 0.3 is 0 Å². The van der Waals surface area contributed by atoms with Gasteiger partial charge in [-0.2, -0.15) is 0 Å². The van der Waals surface area contributed by atoms with Crippen LogP contribution >= 0.6 is 0 Å². The molecule has 4 rings (SSSR count). The number of fused-ring (bicyclic) bond motifs is 1. The molecular formula is C29H33FN2O. The molecule has 1 aliphatic rings. The molecular weight excluding hydrogens is 411 g/mol. The third kappa shape index (κ3) is 4.16. The number of hydrogen-bond acceptors (Lipinski definition) is 3. The highest BCUT2D eigenvalue weighted by molar-refractivity contribution is 5.89. The zero-order chi connectivity index (χ0) is 23.9. The van der Waals surface area contributed by atoms with Gasteiger partial charge < -0.3 is 15.8 Å². The van der Waals surface area contributed by atoms with Gasteiger partial charge in [0.1, 0.15) is 11.6 Å². The minimum absolute atomic E-state index is 0.162. The van der Waals surface area contributed by atoms with E-state index >= 15 is 0 Å². The van der Waals surface area contributed by atoms with Crippen LogP contribution in [0.5, 0.6) is 5.75 Å². The van der Waals surface area contributed by atoms with E-state index in [4.69, 9.17) is 10.5 Å². The van der Waals surface area contributed by atoms with Gasteiger partial charge in [0, 0.05) is 22.9 Å². The Bertz CT molecular complexity index is 1240. The Morgan fingerprint density at radius 1 is 1.03 bits per heavy atom. The van der Waals surface area contributed by atoms with Crippen LogP contribution in [-0.2, 0) is 6.42 Å². The number of anilines is 1. The fraction of sp³-hybridized carbons (Fsp3) is 0.310. The molecule has 172 valence electrons. The van der Waals surface area contributed by atoms with Gasteiger partial charge in [0.15, 0.2) is 0 Å². The molecule has 3 aromatic rings. The maximum Gasteiger partial charge on any atom is 0.129 e. The van der Waals surface area contributed by atoms with E-state index in [1.165, 1.54) is 28.8 Å². The number of aryl methyl sites for hydroxylation is 2. The van der Waals surface area contributed by atoms with Crippen LogP contribution in [0.25, 0.3) is 16.7 Å². The number of benzene rings is 3. The molecule has 0 radical (unpaired) electrons. The van der Waals surface area contributed by atoms with Crippen LogP contribution < -0.4 is 15.8 Å². The molecule has 0 saturated carbocycles. The van der Waals surface area contributed by atoms with Crippen molar-refractivity contribution < 1.29 is 9.13 Å². The number of rotatable bonds is 5. The second kappa shape index (κ2) is 8.68. The van der Waals surface area contributed by atoms with Crippen molar-refractivity contribution in [3.05, 3.63) is 88.2 Å². The minimum atomic E-state index is -0.354. The highest BCUT2D eigenvalue weighted by Crippen LogP contribution is 2.46. The van der Waals surface area contributed by atoms with Crippen molar-refractivity contribution in [2.24, 2.45) is 5.73 Å². The molecule has 1 unspecified atom stereocenters. The molecule has 4 heteroatoms. The fourth-order valence-corrected chi connectivity index (χ4v) is 5.23. The van der Waals surface area contributed by atoms with Gasteiger partial charge in [-0.3, -0.25) is 0 Å². The smallest absolute Gasteiger partial charge is 0.129 e. The number of nitrogens with two attached hydrogens (primary N) is 1. The van der Waals surface area contributed by atoms with Crippen molar-refractivity contribution in [1.29, 1.82) is 0 Å². The highest BCUT2D eigenvalue weighted by Gasteiger charge is 2.30. The molecule has 0 saturated heterocycles. The summed E-state index contributed by atoms with van der Waals surface area (Å²) >= 11 is 0. The summed E-state index contributed by atoms with van der Waals surface area (Å²) in [6, 6.07) is 14.9. The lowest BCUT2D eigenvalue weighted by atomic mass is 9.79. The van der Waals surface area contributed by atoms with Crippen molar-refractivity contribution in [1.82, 2.24) is 0 Å². The Hall–Kier alpha value is -3.11. The van der Waals surface area contributed by atoms with E-state index in [1.807, 2.05) is 0 Å².